The molecule has 0 amide bonds. The molecule has 2 saturated heterocycles. The summed E-state index contributed by atoms with van der Waals surface area (Å²) in [5, 5.41) is 71.6. The van der Waals surface area contributed by atoms with E-state index in [1.807, 2.05) is 0 Å². The van der Waals surface area contributed by atoms with Crippen LogP contribution in [0.25, 0.3) is 0 Å². The molecule has 4 unspecified atom stereocenters. The fraction of sp³-hybridized carbons (Fsp3) is 0.814. The monoisotopic (exact) mass is 831 g/mol. The summed E-state index contributed by atoms with van der Waals surface area (Å²) in [6.45, 7) is 2.43. The lowest BCUT2D eigenvalue weighted by Crippen LogP contribution is -2.61. The lowest BCUT2D eigenvalue weighted by molar-refractivity contribution is -0.332. The number of allylic oxidation sites excluding steroid dienone is 6. The molecule has 336 valence electrons. The van der Waals surface area contributed by atoms with Gasteiger partial charge in [-0.1, -0.05) is 102 Å². The molecule has 0 spiro atoms. The van der Waals surface area contributed by atoms with Gasteiger partial charge in [-0.3, -0.25) is 9.59 Å². The maximum Gasteiger partial charge on any atom is 0.306 e. The molecule has 2 aliphatic rings. The minimum atomic E-state index is -1.77. The Hall–Kier alpha value is -2.28. The van der Waals surface area contributed by atoms with E-state index in [-0.39, 0.29) is 19.4 Å². The number of aliphatic hydroxyl groups excluding tert-OH is 7. The minimum absolute atomic E-state index is 0.117. The standard InChI is InChI=1S/C43H74O15/c1-3-5-7-9-11-12-13-14-15-16-17-18-20-22-24-26-35(46)56-31(28-53-34(45)25-23-21-19-10-8-6-4-2)29-54-42-41(52)39(50)37(48)33(58-42)30-55-43-40(51)38(49)36(47)32(27-44)57-43/h11-12,14-15,17-18,31-33,36-44,47-52H,3-10,13,16,19-30H2,1-2H3/b12-11+,15-14+,18-17+/t31-,32-,33-,36+,37+,38?,39?,40?,41?,42-,43-/m1/s1. The van der Waals surface area contributed by atoms with Crippen LogP contribution in [0, 0.1) is 0 Å². The van der Waals surface area contributed by atoms with E-state index < -0.39 is 99.3 Å². The molecule has 11 atom stereocenters. The van der Waals surface area contributed by atoms with Gasteiger partial charge in [-0.2, -0.15) is 0 Å². The second kappa shape index (κ2) is 31.6. The summed E-state index contributed by atoms with van der Waals surface area (Å²) in [6, 6.07) is 0. The van der Waals surface area contributed by atoms with Crippen molar-refractivity contribution in [3.63, 3.8) is 0 Å². The van der Waals surface area contributed by atoms with Crippen LogP contribution in [0.3, 0.4) is 0 Å². The van der Waals surface area contributed by atoms with E-state index >= 15 is 0 Å². The van der Waals surface area contributed by atoms with Crippen molar-refractivity contribution in [2.24, 2.45) is 0 Å². The minimum Gasteiger partial charge on any atom is -0.462 e. The molecule has 0 aromatic rings. The van der Waals surface area contributed by atoms with Crippen LogP contribution < -0.4 is 0 Å². The van der Waals surface area contributed by atoms with Gasteiger partial charge in [0.2, 0.25) is 0 Å². The average molecular weight is 831 g/mol. The molecule has 15 nitrogen and oxygen atoms in total. The van der Waals surface area contributed by atoms with Crippen LogP contribution in [-0.2, 0) is 38.0 Å². The third-order valence-electron chi connectivity index (χ3n) is 10.1. The van der Waals surface area contributed by atoms with Crippen molar-refractivity contribution in [1.29, 1.82) is 0 Å². The number of aliphatic hydroxyl groups is 7. The van der Waals surface area contributed by atoms with E-state index in [0.29, 0.717) is 12.8 Å². The Morgan fingerprint density at radius 1 is 0.552 bits per heavy atom. The highest BCUT2D eigenvalue weighted by atomic mass is 16.7. The molecule has 0 radical (unpaired) electrons. The second-order valence-corrected chi connectivity index (χ2v) is 15.2. The maximum absolute atomic E-state index is 12.9. The van der Waals surface area contributed by atoms with Crippen LogP contribution in [0.15, 0.2) is 36.5 Å². The van der Waals surface area contributed by atoms with Crippen LogP contribution in [0.1, 0.15) is 129 Å². The fourth-order valence-electron chi connectivity index (χ4n) is 6.46. The quantitative estimate of drug-likeness (QED) is 0.0299. The molecule has 0 bridgehead atoms. The molecular weight excluding hydrogens is 756 g/mol. The Morgan fingerprint density at radius 3 is 1.66 bits per heavy atom. The molecule has 2 aliphatic heterocycles. The van der Waals surface area contributed by atoms with Gasteiger partial charge in [0.05, 0.1) is 19.8 Å². The third kappa shape index (κ3) is 20.8. The second-order valence-electron chi connectivity index (χ2n) is 15.2. The summed E-state index contributed by atoms with van der Waals surface area (Å²) in [7, 11) is 0. The zero-order valence-corrected chi connectivity index (χ0v) is 34.8. The van der Waals surface area contributed by atoms with Crippen molar-refractivity contribution in [2.75, 3.05) is 26.4 Å². The van der Waals surface area contributed by atoms with Gasteiger partial charge < -0.3 is 64.2 Å². The Kier molecular flexibility index (Phi) is 28.2. The zero-order valence-electron chi connectivity index (χ0n) is 34.8. The number of ether oxygens (including phenoxy) is 6. The normalized spacial score (nSPS) is 28.4. The molecular formula is C43H74O15. The van der Waals surface area contributed by atoms with Gasteiger partial charge in [0.25, 0.3) is 0 Å². The number of carbonyl (C=O) groups is 2. The number of unbranched alkanes of at least 4 members (excludes halogenated alkanes) is 11. The van der Waals surface area contributed by atoms with Crippen molar-refractivity contribution >= 4 is 11.9 Å². The first kappa shape index (κ1) is 51.9. The Morgan fingerprint density at radius 2 is 1.03 bits per heavy atom. The van der Waals surface area contributed by atoms with Crippen LogP contribution in [-0.4, -0.2) is 142 Å². The predicted molar refractivity (Wildman–Crippen MR) is 215 cm³/mol. The Labute approximate surface area is 345 Å². The molecule has 0 saturated carbocycles. The number of hydrogen-bond donors (Lipinski definition) is 7. The first-order valence-electron chi connectivity index (χ1n) is 21.6. The summed E-state index contributed by atoms with van der Waals surface area (Å²) in [4.78, 5) is 25.4. The van der Waals surface area contributed by atoms with Crippen molar-refractivity contribution < 1.29 is 73.8 Å². The van der Waals surface area contributed by atoms with Gasteiger partial charge in [-0.05, 0) is 51.4 Å². The molecule has 2 heterocycles. The summed E-state index contributed by atoms with van der Waals surface area (Å²) < 4.78 is 33.3. The maximum atomic E-state index is 12.9. The fourth-order valence-corrected chi connectivity index (χ4v) is 6.46. The van der Waals surface area contributed by atoms with E-state index in [1.54, 1.807) is 0 Å². The van der Waals surface area contributed by atoms with Crippen molar-refractivity contribution in [3.05, 3.63) is 36.5 Å². The zero-order chi connectivity index (χ0) is 42.5. The number of carbonyl (C=O) groups excluding carboxylic acids is 2. The SMILES string of the molecule is CCCCC/C=C/C/C=C/C/C=C/CCCCC(=O)O[C@H](COC(=O)CCCCCCCCC)CO[C@@H]1O[C@H](CO[C@@H]2O[C@H](CO)[C@H](O)C(O)C2O)[C@H](O)C(O)C1O. The summed E-state index contributed by atoms with van der Waals surface area (Å²) in [6.07, 6.45) is 12.2. The number of esters is 2. The van der Waals surface area contributed by atoms with Gasteiger partial charge in [0.15, 0.2) is 18.7 Å². The van der Waals surface area contributed by atoms with Gasteiger partial charge in [-0.15, -0.1) is 0 Å². The van der Waals surface area contributed by atoms with Crippen LogP contribution >= 0.6 is 0 Å². The Balaban J connectivity index is 1.89. The molecule has 0 aromatic carbocycles. The molecule has 7 N–H and O–H groups in total. The van der Waals surface area contributed by atoms with E-state index in [9.17, 15) is 45.3 Å². The van der Waals surface area contributed by atoms with E-state index in [1.165, 1.54) is 32.1 Å². The van der Waals surface area contributed by atoms with Crippen LogP contribution in [0.2, 0.25) is 0 Å². The lowest BCUT2D eigenvalue weighted by atomic mass is 9.98. The first-order valence-corrected chi connectivity index (χ1v) is 21.6. The van der Waals surface area contributed by atoms with Crippen molar-refractivity contribution in [3.8, 4) is 0 Å². The third-order valence-corrected chi connectivity index (χ3v) is 10.1. The summed E-state index contributed by atoms with van der Waals surface area (Å²) in [5.41, 5.74) is 0. The Bertz CT molecular complexity index is 1160. The highest BCUT2D eigenvalue weighted by Gasteiger charge is 2.47. The first-order chi connectivity index (χ1) is 28.0. The van der Waals surface area contributed by atoms with E-state index in [2.05, 4.69) is 50.3 Å². The topological polar surface area (TPSA) is 231 Å². The van der Waals surface area contributed by atoms with Crippen LogP contribution in [0.4, 0.5) is 0 Å². The molecule has 2 fully saturated rings. The molecule has 15 heteroatoms. The largest absolute Gasteiger partial charge is 0.462 e. The number of hydrogen-bond acceptors (Lipinski definition) is 15. The van der Waals surface area contributed by atoms with Gasteiger partial charge in [0.1, 0.15) is 55.4 Å². The predicted octanol–water partition coefficient (Wildman–Crippen LogP) is 3.81. The van der Waals surface area contributed by atoms with Gasteiger partial charge in [-0.25, -0.2) is 0 Å². The average Bonchev–Trinajstić information content (AvgIpc) is 3.21. The van der Waals surface area contributed by atoms with Crippen LogP contribution in [0.5, 0.6) is 0 Å². The molecule has 2 rings (SSSR count). The van der Waals surface area contributed by atoms with E-state index in [4.69, 9.17) is 28.4 Å². The smallest absolute Gasteiger partial charge is 0.306 e. The van der Waals surface area contributed by atoms with Gasteiger partial charge >= 0.3 is 11.9 Å². The van der Waals surface area contributed by atoms with Crippen molar-refractivity contribution in [1.82, 2.24) is 0 Å². The highest BCUT2D eigenvalue weighted by molar-refractivity contribution is 5.70. The molecule has 58 heavy (non-hydrogen) atoms. The van der Waals surface area contributed by atoms with E-state index in [0.717, 1.165) is 57.8 Å². The van der Waals surface area contributed by atoms with Gasteiger partial charge in [0, 0.05) is 12.8 Å². The summed E-state index contributed by atoms with van der Waals surface area (Å²) in [5.74, 6) is -0.981. The number of rotatable bonds is 31. The lowest BCUT2D eigenvalue weighted by Gasteiger charge is -2.42. The highest BCUT2D eigenvalue weighted by Crippen LogP contribution is 2.26. The molecule has 0 aromatic heterocycles. The molecule has 0 aliphatic carbocycles. The van der Waals surface area contributed by atoms with Crippen molar-refractivity contribution in [2.45, 2.75) is 197 Å². The summed E-state index contributed by atoms with van der Waals surface area (Å²) >= 11 is 0.